The van der Waals surface area contributed by atoms with Crippen LogP contribution in [0.25, 0.3) is 0 Å². The first-order valence-electron chi connectivity index (χ1n) is 3.14. The molecule has 0 fully saturated rings. The molecule has 4 heteroatoms. The Morgan fingerprint density at radius 2 is 2.20 bits per heavy atom. The van der Waals surface area contributed by atoms with Gasteiger partial charge in [-0.2, -0.15) is 0 Å². The maximum Gasteiger partial charge on any atom is 0.239 e. The molecule has 0 radical (unpaired) electrons. The number of hydrogen-bond acceptors (Lipinski definition) is 2. The molecule has 0 saturated carbocycles. The highest BCUT2D eigenvalue weighted by molar-refractivity contribution is 6.65. The van der Waals surface area contributed by atoms with Gasteiger partial charge in [0.05, 0.1) is 0 Å². The third-order valence-electron chi connectivity index (χ3n) is 0.651. The standard InChI is InChI=1S/C6H12ClN3/c1-4-8-6(7)10-9-5(2)3/h4-5,9H,1-3H3/b8-4-,10-6-. The average Bonchev–Trinajstić information content (AvgIpc) is 1.85. The van der Waals surface area contributed by atoms with Crippen molar-refractivity contribution >= 4 is 23.1 Å². The number of rotatable bonds is 2. The zero-order valence-electron chi connectivity index (χ0n) is 6.43. The number of nitrogens with zero attached hydrogens (tertiary/aromatic N) is 2. The first kappa shape index (κ1) is 9.43. The molecule has 0 aromatic rings. The van der Waals surface area contributed by atoms with Gasteiger partial charge in [-0.15, -0.1) is 5.10 Å². The monoisotopic (exact) mass is 161 g/mol. The molecule has 0 spiro atoms. The summed E-state index contributed by atoms with van der Waals surface area (Å²) in [6.45, 7) is 5.74. The molecule has 0 aliphatic heterocycles. The van der Waals surface area contributed by atoms with E-state index in [1.54, 1.807) is 13.1 Å². The summed E-state index contributed by atoms with van der Waals surface area (Å²) in [5.74, 6) is 0. The van der Waals surface area contributed by atoms with Gasteiger partial charge in [-0.1, -0.05) is 0 Å². The molecule has 0 saturated heterocycles. The van der Waals surface area contributed by atoms with Gasteiger partial charge in [-0.05, 0) is 32.4 Å². The minimum Gasteiger partial charge on any atom is -0.305 e. The fourth-order valence-electron chi connectivity index (χ4n) is 0.318. The molecular weight excluding hydrogens is 150 g/mol. The van der Waals surface area contributed by atoms with Gasteiger partial charge in [0.25, 0.3) is 0 Å². The van der Waals surface area contributed by atoms with Gasteiger partial charge in [0, 0.05) is 12.3 Å². The molecule has 0 amide bonds. The second-order valence-corrected chi connectivity index (χ2v) is 2.39. The number of nitrogens with one attached hydrogen (secondary N) is 1. The van der Waals surface area contributed by atoms with Crippen LogP contribution in [-0.2, 0) is 0 Å². The lowest BCUT2D eigenvalue weighted by Gasteiger charge is -2.00. The SMILES string of the molecule is C/C=N\C(Cl)=N/NC(C)C. The quantitative estimate of drug-likeness (QED) is 0.284. The Hall–Kier alpha value is -0.570. The van der Waals surface area contributed by atoms with Crippen LogP contribution in [0, 0.1) is 0 Å². The molecule has 10 heavy (non-hydrogen) atoms. The first-order chi connectivity index (χ1) is 4.66. The minimum absolute atomic E-state index is 0.233. The molecule has 0 aromatic carbocycles. The van der Waals surface area contributed by atoms with Crippen LogP contribution < -0.4 is 5.43 Å². The molecule has 0 aliphatic rings. The van der Waals surface area contributed by atoms with E-state index < -0.39 is 0 Å². The van der Waals surface area contributed by atoms with Crippen LogP contribution >= 0.6 is 11.6 Å². The zero-order chi connectivity index (χ0) is 7.98. The van der Waals surface area contributed by atoms with Crippen LogP contribution in [0.2, 0.25) is 0 Å². The van der Waals surface area contributed by atoms with Gasteiger partial charge in [0.15, 0.2) is 0 Å². The average molecular weight is 162 g/mol. The van der Waals surface area contributed by atoms with Crippen LogP contribution in [0.15, 0.2) is 10.1 Å². The van der Waals surface area contributed by atoms with Gasteiger partial charge < -0.3 is 5.43 Å². The summed E-state index contributed by atoms with van der Waals surface area (Å²) < 4.78 is 0. The normalized spacial score (nSPS) is 13.1. The Labute approximate surface area is 66.2 Å². The smallest absolute Gasteiger partial charge is 0.239 e. The summed E-state index contributed by atoms with van der Waals surface area (Å²) in [6, 6.07) is 0.292. The Kier molecular flexibility index (Phi) is 4.94. The van der Waals surface area contributed by atoms with Crippen molar-refractivity contribution in [1.82, 2.24) is 5.43 Å². The third kappa shape index (κ3) is 5.56. The van der Waals surface area contributed by atoms with E-state index >= 15 is 0 Å². The zero-order valence-corrected chi connectivity index (χ0v) is 7.18. The molecule has 0 atom stereocenters. The lowest BCUT2D eigenvalue weighted by Crippen LogP contribution is -2.16. The Bertz CT molecular complexity index is 140. The number of halogens is 1. The van der Waals surface area contributed by atoms with Crippen LogP contribution in [0.4, 0.5) is 0 Å². The van der Waals surface area contributed by atoms with Gasteiger partial charge in [-0.25, -0.2) is 4.99 Å². The molecule has 58 valence electrons. The number of hydrazone groups is 1. The van der Waals surface area contributed by atoms with Crippen LogP contribution in [0.1, 0.15) is 20.8 Å². The van der Waals surface area contributed by atoms with Crippen molar-refractivity contribution in [2.24, 2.45) is 10.1 Å². The molecule has 0 heterocycles. The van der Waals surface area contributed by atoms with Crippen molar-refractivity contribution in [3.63, 3.8) is 0 Å². The summed E-state index contributed by atoms with van der Waals surface area (Å²) in [5, 5.41) is 3.98. The second-order valence-electron chi connectivity index (χ2n) is 2.05. The molecule has 3 nitrogen and oxygen atoms in total. The highest BCUT2D eigenvalue weighted by Gasteiger charge is 1.88. The fraction of sp³-hybridized carbons (Fsp3) is 0.667. The van der Waals surface area contributed by atoms with E-state index in [2.05, 4.69) is 15.5 Å². The highest BCUT2D eigenvalue weighted by atomic mass is 35.5. The lowest BCUT2D eigenvalue weighted by molar-refractivity contribution is 0.621. The van der Waals surface area contributed by atoms with Gasteiger partial charge in [0.1, 0.15) is 0 Å². The molecule has 0 unspecified atom stereocenters. The van der Waals surface area contributed by atoms with Gasteiger partial charge in [-0.3, -0.25) is 0 Å². The first-order valence-corrected chi connectivity index (χ1v) is 3.52. The predicted octanol–water partition coefficient (Wildman–Crippen LogP) is 1.58. The Morgan fingerprint density at radius 1 is 1.60 bits per heavy atom. The highest BCUT2D eigenvalue weighted by Crippen LogP contribution is 1.85. The van der Waals surface area contributed by atoms with E-state index in [4.69, 9.17) is 11.6 Å². The van der Waals surface area contributed by atoms with Gasteiger partial charge >= 0.3 is 0 Å². The lowest BCUT2D eigenvalue weighted by atomic mass is 10.4. The summed E-state index contributed by atoms with van der Waals surface area (Å²) in [7, 11) is 0. The molecule has 0 rings (SSSR count). The second kappa shape index (κ2) is 5.23. The number of amidine groups is 1. The van der Waals surface area contributed by atoms with E-state index in [0.717, 1.165) is 0 Å². The molecular formula is C6H12ClN3. The van der Waals surface area contributed by atoms with Crippen molar-refractivity contribution in [2.45, 2.75) is 26.8 Å². The number of hydrogen-bond donors (Lipinski definition) is 1. The Morgan fingerprint density at radius 3 is 2.60 bits per heavy atom. The third-order valence-corrected chi connectivity index (χ3v) is 0.833. The topological polar surface area (TPSA) is 36.8 Å². The molecule has 0 aromatic heterocycles. The van der Waals surface area contributed by atoms with Crippen molar-refractivity contribution in [1.29, 1.82) is 0 Å². The van der Waals surface area contributed by atoms with Crippen LogP contribution in [0.3, 0.4) is 0 Å². The summed E-state index contributed by atoms with van der Waals surface area (Å²) >= 11 is 5.51. The maximum absolute atomic E-state index is 5.51. The van der Waals surface area contributed by atoms with E-state index in [0.29, 0.717) is 6.04 Å². The molecule has 1 N–H and O–H groups in total. The summed E-state index contributed by atoms with van der Waals surface area (Å²) in [5.41, 5.74) is 2.77. The van der Waals surface area contributed by atoms with Crippen molar-refractivity contribution in [2.75, 3.05) is 0 Å². The minimum atomic E-state index is 0.233. The largest absolute Gasteiger partial charge is 0.305 e. The Balaban J connectivity index is 3.68. The van der Waals surface area contributed by atoms with Crippen molar-refractivity contribution in [3.05, 3.63) is 0 Å². The van der Waals surface area contributed by atoms with E-state index in [-0.39, 0.29) is 5.29 Å². The predicted molar refractivity (Wildman–Crippen MR) is 45.7 cm³/mol. The van der Waals surface area contributed by atoms with E-state index in [1.807, 2.05) is 13.8 Å². The number of aliphatic imine (C=N–C) groups is 1. The van der Waals surface area contributed by atoms with Gasteiger partial charge in [0.2, 0.25) is 5.29 Å². The molecule has 0 aliphatic carbocycles. The summed E-state index contributed by atoms with van der Waals surface area (Å²) in [6.07, 6.45) is 1.59. The van der Waals surface area contributed by atoms with Crippen LogP contribution in [0.5, 0.6) is 0 Å². The summed E-state index contributed by atoms with van der Waals surface area (Å²) in [4.78, 5) is 3.72. The van der Waals surface area contributed by atoms with Crippen molar-refractivity contribution in [3.8, 4) is 0 Å². The molecule has 0 bridgehead atoms. The van der Waals surface area contributed by atoms with Crippen molar-refractivity contribution < 1.29 is 0 Å². The van der Waals surface area contributed by atoms with E-state index in [9.17, 15) is 0 Å². The van der Waals surface area contributed by atoms with E-state index in [1.165, 1.54) is 0 Å². The van der Waals surface area contributed by atoms with Crippen LogP contribution in [-0.4, -0.2) is 17.6 Å². The maximum atomic E-state index is 5.51. The fourth-order valence-corrected chi connectivity index (χ4v) is 0.464.